The average molecular weight is 326 g/mol. The molecule has 124 valence electrons. The summed E-state index contributed by atoms with van der Waals surface area (Å²) in [5, 5.41) is 9.13. The molecule has 0 radical (unpaired) electrons. The van der Waals surface area contributed by atoms with Gasteiger partial charge in [0, 0.05) is 18.8 Å². The number of aryl methyl sites for hydroxylation is 1. The Bertz CT molecular complexity index is 668. The molecule has 1 N–H and O–H groups in total. The molecule has 1 aromatic carbocycles. The van der Waals surface area contributed by atoms with Crippen LogP contribution in [-0.2, 0) is 6.54 Å². The molecular weight excluding hydrogens is 309 g/mol. The first kappa shape index (κ1) is 17.1. The summed E-state index contributed by atoms with van der Waals surface area (Å²) >= 11 is 0. The molecule has 1 aromatic heterocycles. The van der Waals surface area contributed by atoms with E-state index in [-0.39, 0.29) is 31.1 Å². The van der Waals surface area contributed by atoms with Crippen molar-refractivity contribution in [2.45, 2.75) is 20.0 Å². The Morgan fingerprint density at radius 2 is 1.87 bits per heavy atom. The number of nitrogens with zero attached hydrogens (tertiary/aromatic N) is 2. The van der Waals surface area contributed by atoms with Gasteiger partial charge in [0.2, 0.25) is 0 Å². The molecule has 0 spiro atoms. The number of hydrogen-bond acceptors (Lipinski definition) is 2. The molecule has 4 nitrogen and oxygen atoms in total. The molecule has 2 rings (SSSR count). The highest BCUT2D eigenvalue weighted by molar-refractivity contribution is 5.93. The van der Waals surface area contributed by atoms with Gasteiger partial charge in [0.1, 0.15) is 11.5 Å². The Hall–Kier alpha value is -2.28. The third kappa shape index (κ3) is 3.92. The topological polar surface area (TPSA) is 45.5 Å². The summed E-state index contributed by atoms with van der Waals surface area (Å²) in [6.45, 7) is -1.57. The van der Waals surface area contributed by atoms with Gasteiger partial charge in [-0.15, -0.1) is 0 Å². The molecule has 1 heterocycles. The van der Waals surface area contributed by atoms with Crippen LogP contribution in [0.25, 0.3) is 0 Å². The van der Waals surface area contributed by atoms with Crippen LogP contribution in [0.15, 0.2) is 36.4 Å². The quantitative estimate of drug-likeness (QED) is 0.887. The fraction of sp³-hybridized carbons (Fsp3) is 0.312. The second-order valence-corrected chi connectivity index (χ2v) is 5.08. The van der Waals surface area contributed by atoms with Crippen molar-refractivity contribution < 1.29 is 23.1 Å². The second-order valence-electron chi connectivity index (χ2n) is 5.08. The molecule has 0 fully saturated rings. The number of halogens is 3. The number of aliphatic hydroxyl groups is 1. The summed E-state index contributed by atoms with van der Waals surface area (Å²) in [6.07, 6.45) is 0. The maximum absolute atomic E-state index is 13.1. The van der Waals surface area contributed by atoms with Gasteiger partial charge < -0.3 is 10.0 Å². The van der Waals surface area contributed by atoms with E-state index in [0.717, 1.165) is 0 Å². The summed E-state index contributed by atoms with van der Waals surface area (Å²) in [6, 6.07) is 8.29. The van der Waals surface area contributed by atoms with Gasteiger partial charge >= 0.3 is 6.55 Å². The minimum atomic E-state index is -2.83. The van der Waals surface area contributed by atoms with Crippen molar-refractivity contribution in [3.63, 3.8) is 0 Å². The fourth-order valence-electron chi connectivity index (χ4n) is 2.33. The number of aliphatic hydroxyl groups excluding tert-OH is 1. The molecule has 2 aromatic rings. The highest BCUT2D eigenvalue weighted by Crippen LogP contribution is 2.21. The maximum atomic E-state index is 13.1. The fourth-order valence-corrected chi connectivity index (χ4v) is 2.33. The van der Waals surface area contributed by atoms with E-state index in [4.69, 9.17) is 5.11 Å². The van der Waals surface area contributed by atoms with E-state index in [1.54, 1.807) is 0 Å². The first-order chi connectivity index (χ1) is 10.9. The minimum Gasteiger partial charge on any atom is -0.395 e. The number of alkyl halides is 2. The first-order valence-corrected chi connectivity index (χ1v) is 7.04. The van der Waals surface area contributed by atoms with Crippen molar-refractivity contribution in [2.75, 3.05) is 13.2 Å². The number of carbonyl (C=O) groups excluding carboxylic acids is 1. The number of benzene rings is 1. The molecule has 0 saturated heterocycles. The van der Waals surface area contributed by atoms with Crippen molar-refractivity contribution in [2.24, 2.45) is 0 Å². The number of aromatic nitrogens is 1. The smallest absolute Gasteiger partial charge is 0.319 e. The van der Waals surface area contributed by atoms with Crippen molar-refractivity contribution in [3.05, 3.63) is 59.2 Å². The number of amides is 1. The van der Waals surface area contributed by atoms with E-state index in [1.807, 2.05) is 0 Å². The zero-order valence-corrected chi connectivity index (χ0v) is 12.5. The van der Waals surface area contributed by atoms with E-state index in [2.05, 4.69) is 0 Å². The van der Waals surface area contributed by atoms with E-state index < -0.39 is 18.3 Å². The predicted octanol–water partition coefficient (Wildman–Crippen LogP) is 2.97. The van der Waals surface area contributed by atoms with Crippen LogP contribution in [0.4, 0.5) is 13.2 Å². The van der Waals surface area contributed by atoms with Gasteiger partial charge in [-0.3, -0.25) is 9.36 Å². The second kappa shape index (κ2) is 7.32. The Kier molecular flexibility index (Phi) is 5.44. The Balaban J connectivity index is 2.26. The van der Waals surface area contributed by atoms with E-state index in [0.29, 0.717) is 10.1 Å². The van der Waals surface area contributed by atoms with Crippen LogP contribution in [0.1, 0.15) is 28.3 Å². The largest absolute Gasteiger partial charge is 0.395 e. The lowest BCUT2D eigenvalue weighted by Gasteiger charge is -2.23. The third-order valence-corrected chi connectivity index (χ3v) is 3.48. The lowest BCUT2D eigenvalue weighted by Crippen LogP contribution is -2.34. The van der Waals surface area contributed by atoms with Crippen molar-refractivity contribution >= 4 is 5.91 Å². The van der Waals surface area contributed by atoms with Gasteiger partial charge in [0.15, 0.2) is 0 Å². The third-order valence-electron chi connectivity index (χ3n) is 3.48. The summed E-state index contributed by atoms with van der Waals surface area (Å²) in [4.78, 5) is 13.8. The van der Waals surface area contributed by atoms with Crippen molar-refractivity contribution in [1.82, 2.24) is 9.47 Å². The zero-order valence-electron chi connectivity index (χ0n) is 12.5. The van der Waals surface area contributed by atoms with E-state index >= 15 is 0 Å². The molecule has 0 saturated carbocycles. The molecular formula is C16H17F3N2O2. The normalized spacial score (nSPS) is 11.0. The SMILES string of the molecule is Cc1ccc(C(=O)N(CCO)Cc2ccc(F)cc2)n1C(F)F. The molecule has 0 atom stereocenters. The molecule has 0 bridgehead atoms. The van der Waals surface area contributed by atoms with Crippen LogP contribution in [0.3, 0.4) is 0 Å². The highest BCUT2D eigenvalue weighted by atomic mass is 19.3. The van der Waals surface area contributed by atoms with Gasteiger partial charge in [0.25, 0.3) is 5.91 Å². The lowest BCUT2D eigenvalue weighted by atomic mass is 10.2. The monoisotopic (exact) mass is 326 g/mol. The molecule has 7 heteroatoms. The highest BCUT2D eigenvalue weighted by Gasteiger charge is 2.23. The Labute approximate surface area is 131 Å². The Morgan fingerprint density at radius 3 is 2.43 bits per heavy atom. The molecule has 0 unspecified atom stereocenters. The zero-order chi connectivity index (χ0) is 17.0. The van der Waals surface area contributed by atoms with Crippen molar-refractivity contribution in [1.29, 1.82) is 0 Å². The number of carbonyl (C=O) groups is 1. The van der Waals surface area contributed by atoms with Crippen LogP contribution in [0, 0.1) is 12.7 Å². The Morgan fingerprint density at radius 1 is 1.22 bits per heavy atom. The van der Waals surface area contributed by atoms with Gasteiger partial charge in [-0.2, -0.15) is 8.78 Å². The van der Waals surface area contributed by atoms with E-state index in [1.165, 1.54) is 48.2 Å². The lowest BCUT2D eigenvalue weighted by molar-refractivity contribution is 0.0531. The number of rotatable bonds is 6. The number of hydrogen-bond donors (Lipinski definition) is 1. The van der Waals surface area contributed by atoms with Crippen LogP contribution in [-0.4, -0.2) is 33.6 Å². The van der Waals surface area contributed by atoms with Crippen LogP contribution in [0.5, 0.6) is 0 Å². The average Bonchev–Trinajstić information content (AvgIpc) is 2.90. The summed E-state index contributed by atoms with van der Waals surface area (Å²) < 4.78 is 39.8. The minimum absolute atomic E-state index is 0.0102. The summed E-state index contributed by atoms with van der Waals surface area (Å²) in [5.41, 5.74) is 0.766. The van der Waals surface area contributed by atoms with Crippen LogP contribution < -0.4 is 0 Å². The van der Waals surface area contributed by atoms with Crippen LogP contribution >= 0.6 is 0 Å². The summed E-state index contributed by atoms with van der Waals surface area (Å²) in [7, 11) is 0. The molecule has 0 aliphatic rings. The predicted molar refractivity (Wildman–Crippen MR) is 78.6 cm³/mol. The summed E-state index contributed by atoms with van der Waals surface area (Å²) in [5.74, 6) is -1.02. The standard InChI is InChI=1S/C16H17F3N2O2/c1-11-2-7-14(21(11)16(18)19)15(23)20(8-9-22)10-12-3-5-13(17)6-4-12/h2-7,16,22H,8-10H2,1H3. The maximum Gasteiger partial charge on any atom is 0.319 e. The molecule has 0 aliphatic carbocycles. The molecule has 0 aliphatic heterocycles. The van der Waals surface area contributed by atoms with E-state index in [9.17, 15) is 18.0 Å². The van der Waals surface area contributed by atoms with Crippen molar-refractivity contribution in [3.8, 4) is 0 Å². The van der Waals surface area contributed by atoms with Gasteiger partial charge in [0.05, 0.1) is 6.61 Å². The van der Waals surface area contributed by atoms with Gasteiger partial charge in [-0.25, -0.2) is 4.39 Å². The van der Waals surface area contributed by atoms with Crippen LogP contribution in [0.2, 0.25) is 0 Å². The first-order valence-electron chi connectivity index (χ1n) is 7.04. The molecule has 1 amide bonds. The van der Waals surface area contributed by atoms with Gasteiger partial charge in [-0.1, -0.05) is 12.1 Å². The molecule has 23 heavy (non-hydrogen) atoms. The van der Waals surface area contributed by atoms with Gasteiger partial charge in [-0.05, 0) is 36.8 Å².